The summed E-state index contributed by atoms with van der Waals surface area (Å²) < 4.78 is 14.0. The van der Waals surface area contributed by atoms with Crippen molar-refractivity contribution in [2.75, 3.05) is 26.2 Å². The number of carboxylic acids is 1. The molecule has 1 aromatic heterocycles. The van der Waals surface area contributed by atoms with Crippen LogP contribution in [0, 0.1) is 5.92 Å². The summed E-state index contributed by atoms with van der Waals surface area (Å²) in [6, 6.07) is 12.1. The van der Waals surface area contributed by atoms with Crippen molar-refractivity contribution in [1.29, 1.82) is 0 Å². The zero-order valence-corrected chi connectivity index (χ0v) is 20.6. The van der Waals surface area contributed by atoms with E-state index in [2.05, 4.69) is 35.1 Å². The van der Waals surface area contributed by atoms with Crippen LogP contribution in [0.15, 0.2) is 42.0 Å². The molecule has 0 saturated carbocycles. The Labute approximate surface area is 209 Å². The summed E-state index contributed by atoms with van der Waals surface area (Å²) in [5, 5.41) is 15.1. The van der Waals surface area contributed by atoms with Crippen molar-refractivity contribution in [2.45, 2.75) is 39.3 Å². The second-order valence-corrected chi connectivity index (χ2v) is 9.69. The molecule has 184 valence electrons. The molecule has 2 aliphatic heterocycles. The van der Waals surface area contributed by atoms with Gasteiger partial charge in [0.25, 0.3) is 0 Å². The van der Waals surface area contributed by atoms with Gasteiger partial charge in [-0.05, 0) is 73.8 Å². The topological polar surface area (TPSA) is 76.8 Å². The summed E-state index contributed by atoms with van der Waals surface area (Å²) in [6.07, 6.45) is 4.60. The lowest BCUT2D eigenvalue weighted by atomic mass is 9.96. The van der Waals surface area contributed by atoms with Crippen molar-refractivity contribution < 1.29 is 19.4 Å². The number of hydrogen-bond donors (Lipinski definition) is 1. The van der Waals surface area contributed by atoms with Gasteiger partial charge in [-0.1, -0.05) is 24.6 Å². The maximum Gasteiger partial charge on any atom is 0.306 e. The highest BCUT2D eigenvalue weighted by atomic mass is 35.5. The Morgan fingerprint density at radius 1 is 1.23 bits per heavy atom. The third-order valence-corrected chi connectivity index (χ3v) is 7.01. The van der Waals surface area contributed by atoms with Gasteiger partial charge >= 0.3 is 5.97 Å². The summed E-state index contributed by atoms with van der Waals surface area (Å²) in [5.74, 6) is 0.684. The van der Waals surface area contributed by atoms with Gasteiger partial charge in [0.15, 0.2) is 5.15 Å². The van der Waals surface area contributed by atoms with E-state index in [1.807, 2.05) is 28.9 Å². The van der Waals surface area contributed by atoms with Gasteiger partial charge in [0.1, 0.15) is 24.7 Å². The molecule has 0 bridgehead atoms. The van der Waals surface area contributed by atoms with Crippen molar-refractivity contribution in [3.8, 4) is 11.5 Å². The number of fused-ring (bicyclic) bond motifs is 2. The lowest BCUT2D eigenvalue weighted by molar-refractivity contribution is -0.143. The number of hydrogen-bond acceptors (Lipinski definition) is 5. The first kappa shape index (κ1) is 23.7. The number of likely N-dealkylation sites (tertiary alicyclic amines) is 1. The molecule has 2 aromatic carbocycles. The van der Waals surface area contributed by atoms with Crippen molar-refractivity contribution in [1.82, 2.24) is 14.7 Å². The average molecular weight is 496 g/mol. The van der Waals surface area contributed by atoms with Crippen LogP contribution in [0.4, 0.5) is 0 Å². The molecular formula is C27H30ClN3O4. The molecular weight excluding hydrogens is 466 g/mol. The lowest BCUT2D eigenvalue weighted by Crippen LogP contribution is -2.38. The van der Waals surface area contributed by atoms with E-state index in [1.54, 1.807) is 0 Å². The maximum atomic E-state index is 11.2. The highest BCUT2D eigenvalue weighted by Gasteiger charge is 2.25. The number of aromatic nitrogens is 2. The summed E-state index contributed by atoms with van der Waals surface area (Å²) in [4.78, 5) is 13.5. The fourth-order valence-corrected chi connectivity index (χ4v) is 5.07. The Hall–Kier alpha value is -3.03. The van der Waals surface area contributed by atoms with E-state index >= 15 is 0 Å². The second-order valence-electron chi connectivity index (χ2n) is 9.33. The van der Waals surface area contributed by atoms with Gasteiger partial charge in [0, 0.05) is 30.1 Å². The fourth-order valence-electron chi connectivity index (χ4n) is 4.82. The average Bonchev–Trinajstić information content (AvgIpc) is 3.17. The van der Waals surface area contributed by atoms with Crippen LogP contribution in [-0.4, -0.2) is 52.0 Å². The third-order valence-electron chi connectivity index (χ3n) is 6.73. The molecule has 3 heterocycles. The predicted molar refractivity (Wildman–Crippen MR) is 136 cm³/mol. The molecule has 0 aliphatic carbocycles. The largest absolute Gasteiger partial charge is 0.489 e. The molecule has 0 unspecified atom stereocenters. The first-order valence-corrected chi connectivity index (χ1v) is 12.6. The Morgan fingerprint density at radius 3 is 2.83 bits per heavy atom. The van der Waals surface area contributed by atoms with E-state index in [0.717, 1.165) is 66.1 Å². The van der Waals surface area contributed by atoms with E-state index in [1.165, 1.54) is 5.57 Å². The van der Waals surface area contributed by atoms with Gasteiger partial charge in [-0.3, -0.25) is 14.4 Å². The van der Waals surface area contributed by atoms with Crippen LogP contribution < -0.4 is 9.47 Å². The number of rotatable bonds is 8. The molecule has 3 aromatic rings. The van der Waals surface area contributed by atoms with Crippen LogP contribution in [0.25, 0.3) is 17.0 Å². The molecule has 0 atom stereocenters. The number of aryl methyl sites for hydroxylation is 1. The van der Waals surface area contributed by atoms with E-state index in [0.29, 0.717) is 31.2 Å². The van der Waals surface area contributed by atoms with E-state index in [9.17, 15) is 9.90 Å². The van der Waals surface area contributed by atoms with Crippen LogP contribution in [-0.2, 0) is 17.9 Å². The lowest BCUT2D eigenvalue weighted by Gasteiger charge is -2.31. The molecule has 7 nitrogen and oxygen atoms in total. The molecule has 1 fully saturated rings. The molecule has 5 rings (SSSR count). The second kappa shape index (κ2) is 10.3. The molecule has 1 saturated heterocycles. The number of halogens is 1. The minimum Gasteiger partial charge on any atom is -0.489 e. The number of ether oxygens (including phenoxy) is 2. The maximum absolute atomic E-state index is 11.2. The monoisotopic (exact) mass is 495 g/mol. The van der Waals surface area contributed by atoms with Crippen molar-refractivity contribution >= 4 is 34.5 Å². The fraction of sp³-hybridized carbons (Fsp3) is 0.407. The first-order valence-electron chi connectivity index (χ1n) is 12.2. The zero-order valence-electron chi connectivity index (χ0n) is 19.9. The Bertz CT molecular complexity index is 1260. The van der Waals surface area contributed by atoms with Gasteiger partial charge in [-0.2, -0.15) is 5.10 Å². The normalized spacial score (nSPS) is 16.6. The van der Waals surface area contributed by atoms with E-state index in [4.69, 9.17) is 21.1 Å². The number of benzene rings is 2. The van der Waals surface area contributed by atoms with Crippen LogP contribution in [0.5, 0.6) is 11.5 Å². The van der Waals surface area contributed by atoms with Crippen molar-refractivity contribution in [3.63, 3.8) is 0 Å². The predicted octanol–water partition coefficient (Wildman–Crippen LogP) is 5.25. The smallest absolute Gasteiger partial charge is 0.306 e. The van der Waals surface area contributed by atoms with Crippen LogP contribution in [0.1, 0.15) is 37.3 Å². The molecule has 0 spiro atoms. The number of piperidine rings is 1. The van der Waals surface area contributed by atoms with Crippen LogP contribution in [0.2, 0.25) is 5.15 Å². The third kappa shape index (κ3) is 5.31. The molecule has 35 heavy (non-hydrogen) atoms. The summed E-state index contributed by atoms with van der Waals surface area (Å²) in [6.45, 7) is 6.35. The number of carbonyl (C=O) groups is 1. The standard InChI is InChI=1S/C27H30ClN3O4/c1-2-9-31-24-6-3-18(13-23(24)26(28)29-31)16-34-22-5-4-21-12-19(17-35-25(21)14-22)15-30-10-7-20(8-11-30)27(32)33/h3-6,12-14,20H,2,7-11,15-17H2,1H3,(H,32,33). The van der Waals surface area contributed by atoms with Crippen LogP contribution >= 0.6 is 11.6 Å². The minimum atomic E-state index is -0.677. The number of carboxylic acid groups (broad SMARTS) is 1. The SMILES string of the molecule is CCCn1nc(Cl)c2cc(COc3ccc4c(c3)OCC(CN3CCC(C(=O)O)CC3)=C4)ccc21. The van der Waals surface area contributed by atoms with E-state index < -0.39 is 5.97 Å². The zero-order chi connectivity index (χ0) is 24.4. The van der Waals surface area contributed by atoms with Gasteiger partial charge in [-0.25, -0.2) is 0 Å². The molecule has 8 heteroatoms. The van der Waals surface area contributed by atoms with E-state index in [-0.39, 0.29) is 5.92 Å². The molecule has 0 radical (unpaired) electrons. The first-order chi connectivity index (χ1) is 17.0. The Morgan fingerprint density at radius 2 is 2.06 bits per heavy atom. The molecule has 1 N–H and O–H groups in total. The van der Waals surface area contributed by atoms with Crippen molar-refractivity contribution in [2.24, 2.45) is 5.92 Å². The molecule has 2 aliphatic rings. The Kier molecular flexibility index (Phi) is 6.97. The minimum absolute atomic E-state index is 0.209. The highest BCUT2D eigenvalue weighted by molar-refractivity contribution is 6.34. The van der Waals surface area contributed by atoms with Gasteiger partial charge in [-0.15, -0.1) is 0 Å². The summed E-state index contributed by atoms with van der Waals surface area (Å²) >= 11 is 6.35. The van der Waals surface area contributed by atoms with Crippen molar-refractivity contribution in [3.05, 3.63) is 58.3 Å². The quantitative estimate of drug-likeness (QED) is 0.460. The van der Waals surface area contributed by atoms with Crippen LogP contribution in [0.3, 0.4) is 0 Å². The van der Waals surface area contributed by atoms with Gasteiger partial charge < -0.3 is 14.6 Å². The number of nitrogens with zero attached hydrogens (tertiary/aromatic N) is 3. The summed E-state index contributed by atoms with van der Waals surface area (Å²) in [7, 11) is 0. The van der Waals surface area contributed by atoms with Gasteiger partial charge in [0.05, 0.1) is 11.4 Å². The number of aliphatic carboxylic acids is 1. The Balaban J connectivity index is 1.20. The molecule has 0 amide bonds. The highest BCUT2D eigenvalue weighted by Crippen LogP contribution is 2.32. The van der Waals surface area contributed by atoms with Gasteiger partial charge in [0.2, 0.25) is 0 Å². The summed E-state index contributed by atoms with van der Waals surface area (Å²) in [5.41, 5.74) is 4.31.